The molecule has 0 atom stereocenters. The number of hydrogen-bond donors (Lipinski definition) is 1. The Morgan fingerprint density at radius 2 is 1.69 bits per heavy atom. The van der Waals surface area contributed by atoms with Crippen LogP contribution in [0.15, 0.2) is 50.0 Å². The molecule has 0 spiro atoms. The van der Waals surface area contributed by atoms with Crippen molar-refractivity contribution in [3.63, 3.8) is 0 Å². The number of carbonyl (C=O) groups excluding carboxylic acids is 1. The van der Waals surface area contributed by atoms with Crippen LogP contribution in [0.4, 0.5) is 0 Å². The van der Waals surface area contributed by atoms with Crippen molar-refractivity contribution in [3.05, 3.63) is 74.8 Å². The van der Waals surface area contributed by atoms with Crippen molar-refractivity contribution in [2.24, 2.45) is 0 Å². The Balaban J connectivity index is 1.46. The molecule has 0 fully saturated rings. The lowest BCUT2D eigenvalue weighted by molar-refractivity contribution is -0.121. The topological polar surface area (TPSA) is 81.7 Å². The van der Waals surface area contributed by atoms with Crippen LogP contribution in [0.5, 0.6) is 5.75 Å². The van der Waals surface area contributed by atoms with E-state index in [1.54, 1.807) is 13.2 Å². The number of amides is 1. The predicted molar refractivity (Wildman–Crippen MR) is 124 cm³/mol. The van der Waals surface area contributed by atoms with E-state index in [1.165, 1.54) is 0 Å². The molecule has 0 aliphatic rings. The summed E-state index contributed by atoms with van der Waals surface area (Å²) in [5.74, 6) is 1.55. The van der Waals surface area contributed by atoms with Crippen LogP contribution in [0.2, 0.25) is 0 Å². The third-order valence-electron chi connectivity index (χ3n) is 6.09. The van der Waals surface area contributed by atoms with Crippen molar-refractivity contribution in [2.75, 3.05) is 13.7 Å². The minimum atomic E-state index is -0.406. The highest BCUT2D eigenvalue weighted by molar-refractivity contribution is 5.96. The summed E-state index contributed by atoms with van der Waals surface area (Å²) in [6.45, 7) is 6.34. The largest absolute Gasteiger partial charge is 0.496 e. The van der Waals surface area contributed by atoms with Crippen molar-refractivity contribution in [1.29, 1.82) is 0 Å². The number of methoxy groups -OCH3 is 1. The summed E-state index contributed by atoms with van der Waals surface area (Å²) in [5, 5.41) is 4.80. The summed E-state index contributed by atoms with van der Waals surface area (Å²) in [5.41, 5.74) is 4.29. The molecule has 1 N–H and O–H groups in total. The van der Waals surface area contributed by atoms with Gasteiger partial charge in [-0.3, -0.25) is 4.79 Å². The molecule has 0 unspecified atom stereocenters. The molecule has 0 radical (unpaired) electrons. The first-order valence-electron chi connectivity index (χ1n) is 10.7. The van der Waals surface area contributed by atoms with Crippen LogP contribution in [0.1, 0.15) is 34.4 Å². The fourth-order valence-corrected chi connectivity index (χ4v) is 4.09. The number of benzene rings is 2. The first-order valence-corrected chi connectivity index (χ1v) is 10.7. The third-order valence-corrected chi connectivity index (χ3v) is 6.09. The van der Waals surface area contributed by atoms with Crippen LogP contribution in [0, 0.1) is 20.8 Å². The van der Waals surface area contributed by atoms with Gasteiger partial charge in [0.05, 0.1) is 7.11 Å². The Morgan fingerprint density at radius 3 is 2.47 bits per heavy atom. The normalized spacial score (nSPS) is 11.2. The molecule has 0 bridgehead atoms. The number of fused-ring (bicyclic) bond motifs is 2. The average Bonchev–Trinajstić information content (AvgIpc) is 3.05. The minimum Gasteiger partial charge on any atom is -0.496 e. The molecule has 4 rings (SSSR count). The number of furan rings is 1. The van der Waals surface area contributed by atoms with Crippen LogP contribution < -0.4 is 15.7 Å². The van der Waals surface area contributed by atoms with Gasteiger partial charge in [-0.15, -0.1) is 0 Å². The zero-order valence-corrected chi connectivity index (χ0v) is 18.8. The summed E-state index contributed by atoms with van der Waals surface area (Å²) in [6, 6.07) is 11.5. The molecule has 6 heteroatoms. The fourth-order valence-electron chi connectivity index (χ4n) is 4.09. The molecule has 166 valence electrons. The average molecular weight is 434 g/mol. The van der Waals surface area contributed by atoms with E-state index < -0.39 is 5.63 Å². The van der Waals surface area contributed by atoms with E-state index in [0.717, 1.165) is 39.0 Å². The maximum Gasteiger partial charge on any atom is 0.339 e. The quantitative estimate of drug-likeness (QED) is 0.425. The van der Waals surface area contributed by atoms with Gasteiger partial charge in [0.25, 0.3) is 0 Å². The van der Waals surface area contributed by atoms with Gasteiger partial charge in [-0.2, -0.15) is 0 Å². The van der Waals surface area contributed by atoms with Gasteiger partial charge in [-0.05, 0) is 62.4 Å². The molecule has 2 aromatic carbocycles. The highest BCUT2D eigenvalue weighted by atomic mass is 16.5. The zero-order valence-electron chi connectivity index (χ0n) is 18.8. The van der Waals surface area contributed by atoms with Crippen molar-refractivity contribution in [1.82, 2.24) is 5.32 Å². The summed E-state index contributed by atoms with van der Waals surface area (Å²) in [6.07, 6.45) is 1.22. The van der Waals surface area contributed by atoms with Crippen molar-refractivity contribution in [3.8, 4) is 5.75 Å². The van der Waals surface area contributed by atoms with Crippen molar-refractivity contribution < 1.29 is 18.4 Å². The van der Waals surface area contributed by atoms with Crippen LogP contribution >= 0.6 is 0 Å². The molecule has 32 heavy (non-hydrogen) atoms. The minimum absolute atomic E-state index is 0.101. The standard InChI is InChI=1S/C26H27NO5/c1-15-17(3)31-23-14-24-21(13-20(15)23)16(2)19(26(29)32-24)9-10-25(28)27-12-11-18-7-5-6-8-22(18)30-4/h5-8,13-14H,9-12H2,1-4H3,(H,27,28). The number of ether oxygens (including phenoxy) is 1. The van der Waals surface area contributed by atoms with Gasteiger partial charge >= 0.3 is 5.63 Å². The molecular formula is C26H27NO5. The molecular weight excluding hydrogens is 406 g/mol. The van der Waals surface area contributed by atoms with E-state index in [9.17, 15) is 9.59 Å². The second-order valence-corrected chi connectivity index (χ2v) is 8.03. The fraction of sp³-hybridized carbons (Fsp3) is 0.308. The van der Waals surface area contributed by atoms with Gasteiger partial charge in [-0.25, -0.2) is 4.79 Å². The molecule has 0 saturated carbocycles. The maximum atomic E-state index is 12.6. The van der Waals surface area contributed by atoms with E-state index in [0.29, 0.717) is 36.1 Å². The Morgan fingerprint density at radius 1 is 0.969 bits per heavy atom. The van der Waals surface area contributed by atoms with Crippen molar-refractivity contribution >= 4 is 27.8 Å². The maximum absolute atomic E-state index is 12.6. The second-order valence-electron chi connectivity index (χ2n) is 8.03. The Bertz CT molecular complexity index is 1360. The third kappa shape index (κ3) is 4.13. The van der Waals surface area contributed by atoms with E-state index in [-0.39, 0.29) is 12.3 Å². The van der Waals surface area contributed by atoms with Crippen LogP contribution in [0.3, 0.4) is 0 Å². The Kier molecular flexibility index (Phi) is 6.04. The van der Waals surface area contributed by atoms with Crippen LogP contribution in [0.25, 0.3) is 21.9 Å². The van der Waals surface area contributed by atoms with Gasteiger partial charge < -0.3 is 18.9 Å². The predicted octanol–water partition coefficient (Wildman–Crippen LogP) is 4.76. The molecule has 4 aromatic rings. The van der Waals surface area contributed by atoms with Gasteiger partial charge in [0.15, 0.2) is 0 Å². The summed E-state index contributed by atoms with van der Waals surface area (Å²) in [7, 11) is 1.63. The van der Waals surface area contributed by atoms with Gasteiger partial charge in [0, 0.05) is 35.4 Å². The lowest BCUT2D eigenvalue weighted by atomic mass is 10.0. The zero-order chi connectivity index (χ0) is 22.8. The number of carbonyl (C=O) groups is 1. The van der Waals surface area contributed by atoms with Gasteiger partial charge in [-0.1, -0.05) is 18.2 Å². The summed E-state index contributed by atoms with van der Waals surface area (Å²) in [4.78, 5) is 25.0. The van der Waals surface area contributed by atoms with E-state index in [1.807, 2.05) is 51.1 Å². The number of nitrogens with one attached hydrogen (secondary N) is 1. The molecule has 1 amide bonds. The number of hydrogen-bond acceptors (Lipinski definition) is 5. The first kappa shape index (κ1) is 21.7. The van der Waals surface area contributed by atoms with Crippen LogP contribution in [-0.2, 0) is 17.6 Å². The van der Waals surface area contributed by atoms with E-state index in [2.05, 4.69) is 5.32 Å². The highest BCUT2D eigenvalue weighted by Crippen LogP contribution is 2.31. The van der Waals surface area contributed by atoms with E-state index >= 15 is 0 Å². The summed E-state index contributed by atoms with van der Waals surface area (Å²) >= 11 is 0. The number of para-hydroxylation sites is 1. The molecule has 6 nitrogen and oxygen atoms in total. The van der Waals surface area contributed by atoms with E-state index in [4.69, 9.17) is 13.6 Å². The molecule has 0 saturated heterocycles. The molecule has 0 aliphatic carbocycles. The van der Waals surface area contributed by atoms with Crippen molar-refractivity contribution in [2.45, 2.75) is 40.0 Å². The Labute approximate surface area is 186 Å². The highest BCUT2D eigenvalue weighted by Gasteiger charge is 2.16. The Hall–Kier alpha value is -3.54. The first-order chi connectivity index (χ1) is 15.4. The lowest BCUT2D eigenvalue weighted by Crippen LogP contribution is -2.26. The monoisotopic (exact) mass is 433 g/mol. The SMILES string of the molecule is COc1ccccc1CCNC(=O)CCc1c(C)c2cc3c(C)c(C)oc3cc2oc1=O. The van der Waals surface area contributed by atoms with Gasteiger partial charge in [0.1, 0.15) is 22.7 Å². The molecule has 2 heterocycles. The smallest absolute Gasteiger partial charge is 0.339 e. The summed E-state index contributed by atoms with van der Waals surface area (Å²) < 4.78 is 16.7. The number of rotatable bonds is 7. The van der Waals surface area contributed by atoms with Crippen LogP contribution in [-0.4, -0.2) is 19.6 Å². The lowest BCUT2D eigenvalue weighted by Gasteiger charge is -2.10. The molecule has 2 aromatic heterocycles. The second kappa shape index (κ2) is 8.91. The molecule has 0 aliphatic heterocycles. The number of aryl methyl sites for hydroxylation is 3. The van der Waals surface area contributed by atoms with Gasteiger partial charge in [0.2, 0.25) is 5.91 Å².